The molecule has 5 nitrogen and oxygen atoms in total. The lowest BCUT2D eigenvalue weighted by atomic mass is 10.1. The van der Waals surface area contributed by atoms with Gasteiger partial charge in [-0.25, -0.2) is 4.79 Å². The fraction of sp³-hybridized carbons (Fsp3) is 0.111. The van der Waals surface area contributed by atoms with Crippen molar-refractivity contribution in [3.05, 3.63) is 81.2 Å². The van der Waals surface area contributed by atoms with Crippen LogP contribution in [0.5, 0.6) is 0 Å². The smallest absolute Gasteiger partial charge is 0.349 e. The van der Waals surface area contributed by atoms with Crippen LogP contribution in [0, 0.1) is 0 Å². The van der Waals surface area contributed by atoms with Gasteiger partial charge in [0.05, 0.1) is 6.10 Å². The maximum atomic E-state index is 12.2. The molecule has 0 radical (unpaired) electrons. The van der Waals surface area contributed by atoms with Crippen LogP contribution in [0.2, 0.25) is 5.02 Å². The zero-order valence-electron chi connectivity index (χ0n) is 12.5. The molecule has 1 atom stereocenters. The molecule has 24 heavy (non-hydrogen) atoms. The number of aliphatic hydroxyl groups excluding tert-OH is 1. The highest BCUT2D eigenvalue weighted by Crippen LogP contribution is 2.22. The van der Waals surface area contributed by atoms with Crippen LogP contribution in [0.3, 0.4) is 0 Å². The van der Waals surface area contributed by atoms with Gasteiger partial charge < -0.3 is 14.8 Å². The number of para-hydroxylation sites is 1. The van der Waals surface area contributed by atoms with E-state index in [0.29, 0.717) is 21.6 Å². The van der Waals surface area contributed by atoms with Crippen molar-refractivity contribution in [3.8, 4) is 0 Å². The minimum absolute atomic E-state index is 0.0746. The highest BCUT2D eigenvalue weighted by molar-refractivity contribution is 6.31. The summed E-state index contributed by atoms with van der Waals surface area (Å²) in [6.45, 7) is -0.0746. The molecule has 0 unspecified atom stereocenters. The maximum absolute atomic E-state index is 12.2. The van der Waals surface area contributed by atoms with Gasteiger partial charge in [0.25, 0.3) is 5.91 Å². The topological polar surface area (TPSA) is 79.5 Å². The summed E-state index contributed by atoms with van der Waals surface area (Å²) in [4.78, 5) is 24.1. The Bertz CT molecular complexity index is 951. The lowest BCUT2D eigenvalue weighted by Crippen LogP contribution is -2.31. The van der Waals surface area contributed by atoms with Crippen molar-refractivity contribution in [1.29, 1.82) is 0 Å². The number of benzene rings is 2. The number of carbonyl (C=O) groups excluding carboxylic acids is 1. The Kier molecular flexibility index (Phi) is 4.64. The molecule has 0 fully saturated rings. The monoisotopic (exact) mass is 343 g/mol. The first-order chi connectivity index (χ1) is 11.6. The molecule has 1 aromatic heterocycles. The Balaban J connectivity index is 1.77. The molecule has 2 N–H and O–H groups in total. The fourth-order valence-electron chi connectivity index (χ4n) is 2.36. The van der Waals surface area contributed by atoms with Crippen molar-refractivity contribution in [1.82, 2.24) is 5.32 Å². The molecule has 0 aliphatic heterocycles. The Morgan fingerprint density at radius 1 is 1.17 bits per heavy atom. The Morgan fingerprint density at radius 2 is 1.88 bits per heavy atom. The molecule has 1 amide bonds. The van der Waals surface area contributed by atoms with Gasteiger partial charge >= 0.3 is 5.63 Å². The van der Waals surface area contributed by atoms with Crippen molar-refractivity contribution in [3.63, 3.8) is 0 Å². The molecule has 0 aliphatic rings. The minimum Gasteiger partial charge on any atom is -0.422 e. The summed E-state index contributed by atoms with van der Waals surface area (Å²) in [7, 11) is 0. The van der Waals surface area contributed by atoms with E-state index >= 15 is 0 Å². The highest BCUT2D eigenvalue weighted by Gasteiger charge is 2.16. The van der Waals surface area contributed by atoms with Crippen molar-refractivity contribution in [2.75, 3.05) is 6.54 Å². The van der Waals surface area contributed by atoms with Crippen molar-refractivity contribution in [2.45, 2.75) is 6.10 Å². The standard InChI is InChI=1S/C18H14ClNO4/c19-14-7-3-2-6-12(14)15(21)10-20-17(22)13-9-11-5-1-4-8-16(11)24-18(13)23/h1-9,15,21H,10H2,(H,20,22)/t15-/m0/s1. The van der Waals surface area contributed by atoms with Crippen molar-refractivity contribution < 1.29 is 14.3 Å². The number of hydrogen-bond donors (Lipinski definition) is 2. The number of carbonyl (C=O) groups is 1. The molecule has 6 heteroatoms. The van der Waals surface area contributed by atoms with Crippen LogP contribution in [0.15, 0.2) is 63.8 Å². The summed E-state index contributed by atoms with van der Waals surface area (Å²) in [6, 6.07) is 15.2. The first-order valence-electron chi connectivity index (χ1n) is 7.30. The average Bonchev–Trinajstić information content (AvgIpc) is 2.59. The molecule has 0 spiro atoms. The number of hydrogen-bond acceptors (Lipinski definition) is 4. The van der Waals surface area contributed by atoms with Crippen LogP contribution < -0.4 is 10.9 Å². The van der Waals surface area contributed by atoms with Gasteiger partial charge in [0.2, 0.25) is 0 Å². The quantitative estimate of drug-likeness (QED) is 0.714. The van der Waals surface area contributed by atoms with E-state index in [0.717, 1.165) is 0 Å². The lowest BCUT2D eigenvalue weighted by molar-refractivity contribution is 0.0913. The van der Waals surface area contributed by atoms with E-state index in [2.05, 4.69) is 5.32 Å². The third kappa shape index (κ3) is 3.32. The van der Waals surface area contributed by atoms with Crippen LogP contribution in [-0.4, -0.2) is 17.6 Å². The van der Waals surface area contributed by atoms with Crippen LogP contribution in [-0.2, 0) is 0 Å². The Hall–Kier alpha value is -2.63. The van der Waals surface area contributed by atoms with E-state index in [-0.39, 0.29) is 12.1 Å². The van der Waals surface area contributed by atoms with E-state index in [1.165, 1.54) is 6.07 Å². The molecule has 0 saturated carbocycles. The predicted octanol–water partition coefficient (Wildman–Crippen LogP) is 2.91. The van der Waals surface area contributed by atoms with Gasteiger partial charge in [-0.2, -0.15) is 0 Å². The number of amides is 1. The Labute approximate surface area is 142 Å². The molecule has 0 saturated heterocycles. The molecular weight excluding hydrogens is 330 g/mol. The predicted molar refractivity (Wildman–Crippen MR) is 91.2 cm³/mol. The first kappa shape index (κ1) is 16.2. The van der Waals surface area contributed by atoms with E-state index in [4.69, 9.17) is 16.0 Å². The zero-order valence-corrected chi connectivity index (χ0v) is 13.3. The number of aliphatic hydroxyl groups is 1. The van der Waals surface area contributed by atoms with E-state index < -0.39 is 17.6 Å². The summed E-state index contributed by atoms with van der Waals surface area (Å²) in [6.07, 6.45) is -0.977. The number of halogens is 1. The van der Waals surface area contributed by atoms with E-state index in [1.807, 2.05) is 0 Å². The zero-order chi connectivity index (χ0) is 17.1. The molecule has 3 aromatic rings. The van der Waals surface area contributed by atoms with E-state index in [9.17, 15) is 14.7 Å². The maximum Gasteiger partial charge on any atom is 0.349 e. The number of nitrogens with one attached hydrogen (secondary N) is 1. The SMILES string of the molecule is O=C(NC[C@H](O)c1ccccc1Cl)c1cc2ccccc2oc1=O. The van der Waals surface area contributed by atoms with Gasteiger partial charge in [0.15, 0.2) is 0 Å². The van der Waals surface area contributed by atoms with Crippen molar-refractivity contribution >= 4 is 28.5 Å². The first-order valence-corrected chi connectivity index (χ1v) is 7.67. The molecule has 122 valence electrons. The largest absolute Gasteiger partial charge is 0.422 e. The molecule has 0 bridgehead atoms. The number of rotatable bonds is 4. The summed E-state index contributed by atoms with van der Waals surface area (Å²) in [5.74, 6) is -0.611. The lowest BCUT2D eigenvalue weighted by Gasteiger charge is -2.13. The summed E-state index contributed by atoms with van der Waals surface area (Å²) in [5.41, 5.74) is 0.0821. The fourth-order valence-corrected chi connectivity index (χ4v) is 2.62. The van der Waals surface area contributed by atoms with Gasteiger partial charge in [-0.3, -0.25) is 4.79 Å². The van der Waals surface area contributed by atoms with Gasteiger partial charge in [-0.15, -0.1) is 0 Å². The molecule has 1 heterocycles. The minimum atomic E-state index is -0.977. The van der Waals surface area contributed by atoms with Crippen molar-refractivity contribution in [2.24, 2.45) is 0 Å². The van der Waals surface area contributed by atoms with Gasteiger partial charge in [-0.05, 0) is 18.2 Å². The normalized spacial score (nSPS) is 12.1. The molecular formula is C18H14ClNO4. The summed E-state index contributed by atoms with van der Waals surface area (Å²) >= 11 is 6.00. The highest BCUT2D eigenvalue weighted by atomic mass is 35.5. The number of fused-ring (bicyclic) bond motifs is 1. The molecule has 0 aliphatic carbocycles. The summed E-state index contributed by atoms with van der Waals surface area (Å²) < 4.78 is 5.12. The van der Waals surface area contributed by atoms with E-state index in [1.54, 1.807) is 48.5 Å². The van der Waals surface area contributed by atoms with Gasteiger partial charge in [-0.1, -0.05) is 48.0 Å². The van der Waals surface area contributed by atoms with Crippen LogP contribution in [0.1, 0.15) is 22.0 Å². The molecule has 2 aromatic carbocycles. The van der Waals surface area contributed by atoms with Gasteiger partial charge in [0, 0.05) is 22.5 Å². The Morgan fingerprint density at radius 3 is 2.67 bits per heavy atom. The molecule has 3 rings (SSSR count). The third-order valence-corrected chi connectivity index (χ3v) is 3.95. The summed E-state index contributed by atoms with van der Waals surface area (Å²) in [5, 5.41) is 13.7. The third-order valence-electron chi connectivity index (χ3n) is 3.61. The van der Waals surface area contributed by atoms with Crippen LogP contribution >= 0.6 is 11.6 Å². The second-order valence-corrected chi connectivity index (χ2v) is 5.64. The van der Waals surface area contributed by atoms with Crippen LogP contribution in [0.4, 0.5) is 0 Å². The van der Waals surface area contributed by atoms with Crippen LogP contribution in [0.25, 0.3) is 11.0 Å². The second kappa shape index (κ2) is 6.86. The average molecular weight is 344 g/mol. The second-order valence-electron chi connectivity index (χ2n) is 5.23. The van der Waals surface area contributed by atoms with Gasteiger partial charge in [0.1, 0.15) is 11.1 Å².